The summed E-state index contributed by atoms with van der Waals surface area (Å²) >= 11 is 0. The van der Waals surface area contributed by atoms with Crippen LogP contribution in [-0.4, -0.2) is 33.3 Å². The molecule has 174 valence electrons. The maximum atomic E-state index is 13.0. The van der Waals surface area contributed by atoms with E-state index in [9.17, 15) is 9.59 Å². The van der Waals surface area contributed by atoms with Crippen molar-refractivity contribution in [3.63, 3.8) is 0 Å². The third-order valence-electron chi connectivity index (χ3n) is 5.53. The summed E-state index contributed by atoms with van der Waals surface area (Å²) in [5, 5.41) is 9.88. The van der Waals surface area contributed by atoms with E-state index in [0.29, 0.717) is 17.8 Å². The maximum absolute atomic E-state index is 13.0. The van der Waals surface area contributed by atoms with E-state index in [0.717, 1.165) is 28.4 Å². The van der Waals surface area contributed by atoms with Gasteiger partial charge >= 0.3 is 0 Å². The fraction of sp³-hybridized carbons (Fsp3) is 0.192. The van der Waals surface area contributed by atoms with Crippen LogP contribution in [0.1, 0.15) is 27.3 Å². The molecule has 0 atom stereocenters. The highest BCUT2D eigenvalue weighted by Crippen LogP contribution is 2.23. The van der Waals surface area contributed by atoms with Crippen LogP contribution in [0, 0.1) is 13.8 Å². The van der Waals surface area contributed by atoms with Crippen LogP contribution in [0.25, 0.3) is 5.69 Å². The van der Waals surface area contributed by atoms with Crippen LogP contribution in [0.2, 0.25) is 0 Å². The second-order valence-electron chi connectivity index (χ2n) is 7.95. The molecule has 0 unspecified atom stereocenters. The predicted octanol–water partition coefficient (Wildman–Crippen LogP) is 3.87. The van der Waals surface area contributed by atoms with Gasteiger partial charge in [-0.2, -0.15) is 5.10 Å². The summed E-state index contributed by atoms with van der Waals surface area (Å²) in [6.45, 7) is 4.39. The van der Waals surface area contributed by atoms with Crippen molar-refractivity contribution in [1.29, 1.82) is 0 Å². The first-order valence-corrected chi connectivity index (χ1v) is 10.9. The summed E-state index contributed by atoms with van der Waals surface area (Å²) < 4.78 is 8.84. The van der Waals surface area contributed by atoms with Crippen molar-refractivity contribution in [2.75, 3.05) is 12.4 Å². The summed E-state index contributed by atoms with van der Waals surface area (Å²) in [4.78, 5) is 25.2. The number of rotatable bonds is 8. The quantitative estimate of drug-likeness (QED) is 0.420. The number of hydrogen-bond acceptors (Lipinski definition) is 4. The summed E-state index contributed by atoms with van der Waals surface area (Å²) in [6.07, 6.45) is 3.36. The van der Waals surface area contributed by atoms with E-state index in [4.69, 9.17) is 4.74 Å². The molecule has 4 rings (SSSR count). The number of methoxy groups -OCH3 is 1. The van der Waals surface area contributed by atoms with E-state index < -0.39 is 0 Å². The monoisotopic (exact) mass is 457 g/mol. The summed E-state index contributed by atoms with van der Waals surface area (Å²) in [5.41, 5.74) is 4.97. The molecule has 2 aromatic carbocycles. The van der Waals surface area contributed by atoms with Crippen molar-refractivity contribution in [3.8, 4) is 11.4 Å². The van der Waals surface area contributed by atoms with E-state index in [1.54, 1.807) is 30.3 Å². The molecule has 0 aliphatic heterocycles. The molecule has 0 saturated heterocycles. The van der Waals surface area contributed by atoms with Crippen LogP contribution < -0.4 is 15.4 Å². The van der Waals surface area contributed by atoms with Crippen molar-refractivity contribution in [1.82, 2.24) is 19.7 Å². The molecule has 0 radical (unpaired) electrons. The van der Waals surface area contributed by atoms with Gasteiger partial charge in [0.1, 0.15) is 12.3 Å². The molecule has 8 heteroatoms. The Labute approximate surface area is 198 Å². The zero-order chi connectivity index (χ0) is 24.1. The Morgan fingerprint density at radius 3 is 2.53 bits per heavy atom. The zero-order valence-electron chi connectivity index (χ0n) is 19.4. The average molecular weight is 458 g/mol. The van der Waals surface area contributed by atoms with Crippen LogP contribution in [0.15, 0.2) is 73.1 Å². The number of amides is 2. The Balaban J connectivity index is 1.41. The zero-order valence-corrected chi connectivity index (χ0v) is 19.4. The fourth-order valence-corrected chi connectivity index (χ4v) is 3.90. The lowest BCUT2D eigenvalue weighted by atomic mass is 10.2. The van der Waals surface area contributed by atoms with E-state index in [1.165, 1.54) is 0 Å². The molecule has 8 nitrogen and oxygen atoms in total. The first kappa shape index (κ1) is 22.8. The van der Waals surface area contributed by atoms with Gasteiger partial charge in [-0.25, -0.2) is 0 Å². The molecule has 0 spiro atoms. The van der Waals surface area contributed by atoms with Gasteiger partial charge in [0.15, 0.2) is 0 Å². The van der Waals surface area contributed by atoms with Crippen molar-refractivity contribution in [2.24, 2.45) is 0 Å². The number of nitrogens with one attached hydrogen (secondary N) is 2. The van der Waals surface area contributed by atoms with Gasteiger partial charge in [-0.3, -0.25) is 14.3 Å². The van der Waals surface area contributed by atoms with Gasteiger partial charge in [-0.05, 0) is 67.9 Å². The predicted molar refractivity (Wildman–Crippen MR) is 130 cm³/mol. The van der Waals surface area contributed by atoms with Crippen LogP contribution in [-0.2, 0) is 17.9 Å². The standard InChI is InChI=1S/C26H27N5O3/c1-18-14-24(19(2)31(18)22-8-10-23(34-3)11-9-22)26(33)27-16-20-6-4-7-21(15-20)29-25(32)17-30-13-5-12-28-30/h4-15H,16-17H2,1-3H3,(H,27,33)(H,29,32). The SMILES string of the molecule is COc1ccc(-n2c(C)cc(C(=O)NCc3cccc(NC(=O)Cn4cccn4)c3)c2C)cc1. The number of ether oxygens (including phenoxy) is 1. The summed E-state index contributed by atoms with van der Waals surface area (Å²) in [7, 11) is 1.63. The van der Waals surface area contributed by atoms with Gasteiger partial charge in [0, 0.05) is 41.7 Å². The van der Waals surface area contributed by atoms with E-state index in [-0.39, 0.29) is 18.4 Å². The minimum absolute atomic E-state index is 0.137. The molecule has 34 heavy (non-hydrogen) atoms. The van der Waals surface area contributed by atoms with Crippen LogP contribution in [0.4, 0.5) is 5.69 Å². The smallest absolute Gasteiger partial charge is 0.253 e. The largest absolute Gasteiger partial charge is 0.497 e. The molecule has 0 saturated carbocycles. The Bertz CT molecular complexity index is 1290. The van der Waals surface area contributed by atoms with Crippen molar-refractivity contribution < 1.29 is 14.3 Å². The normalized spacial score (nSPS) is 10.7. The van der Waals surface area contributed by atoms with Gasteiger partial charge in [-0.1, -0.05) is 12.1 Å². The second kappa shape index (κ2) is 10.1. The third kappa shape index (κ3) is 5.17. The number of benzene rings is 2. The minimum atomic E-state index is -0.171. The van der Waals surface area contributed by atoms with Gasteiger partial charge in [0.2, 0.25) is 5.91 Å². The van der Waals surface area contributed by atoms with E-state index in [1.807, 2.05) is 73.0 Å². The molecule has 0 aliphatic carbocycles. The topological polar surface area (TPSA) is 90.2 Å². The molecule has 2 aromatic heterocycles. The number of aryl methyl sites for hydroxylation is 1. The number of carbonyl (C=O) groups is 2. The minimum Gasteiger partial charge on any atom is -0.497 e. The Hall–Kier alpha value is -4.33. The Kier molecular flexibility index (Phi) is 6.77. The second-order valence-corrected chi connectivity index (χ2v) is 7.95. The first-order chi connectivity index (χ1) is 16.4. The summed E-state index contributed by atoms with van der Waals surface area (Å²) in [5.74, 6) is 0.459. The van der Waals surface area contributed by atoms with Gasteiger partial charge in [-0.15, -0.1) is 0 Å². The number of carbonyl (C=O) groups excluding carboxylic acids is 2. The van der Waals surface area contributed by atoms with Crippen molar-refractivity contribution >= 4 is 17.5 Å². The van der Waals surface area contributed by atoms with E-state index >= 15 is 0 Å². The average Bonchev–Trinajstić information content (AvgIpc) is 3.45. The highest BCUT2D eigenvalue weighted by atomic mass is 16.5. The van der Waals surface area contributed by atoms with E-state index in [2.05, 4.69) is 15.7 Å². The maximum Gasteiger partial charge on any atom is 0.253 e. The molecule has 2 amide bonds. The number of nitrogens with zero attached hydrogens (tertiary/aromatic N) is 3. The lowest BCUT2D eigenvalue weighted by molar-refractivity contribution is -0.116. The summed E-state index contributed by atoms with van der Waals surface area (Å²) in [6, 6.07) is 18.8. The molecule has 0 aliphatic rings. The van der Waals surface area contributed by atoms with Crippen molar-refractivity contribution in [2.45, 2.75) is 26.9 Å². The highest BCUT2D eigenvalue weighted by molar-refractivity contribution is 5.96. The van der Waals surface area contributed by atoms with Gasteiger partial charge in [0.05, 0.1) is 12.7 Å². The van der Waals surface area contributed by atoms with Gasteiger partial charge < -0.3 is 19.9 Å². The molecular weight excluding hydrogens is 430 g/mol. The molecule has 0 fully saturated rings. The molecule has 0 bridgehead atoms. The van der Waals surface area contributed by atoms with Crippen molar-refractivity contribution in [3.05, 3.63) is 95.6 Å². The lowest BCUT2D eigenvalue weighted by Gasteiger charge is -2.11. The molecule has 2 heterocycles. The number of anilines is 1. The fourth-order valence-electron chi connectivity index (χ4n) is 3.90. The Morgan fingerprint density at radius 1 is 1.03 bits per heavy atom. The number of hydrogen-bond donors (Lipinski definition) is 2. The first-order valence-electron chi connectivity index (χ1n) is 10.9. The van der Waals surface area contributed by atoms with Crippen LogP contribution >= 0.6 is 0 Å². The molecular formula is C26H27N5O3. The van der Waals surface area contributed by atoms with Gasteiger partial charge in [0.25, 0.3) is 5.91 Å². The van der Waals surface area contributed by atoms with Crippen LogP contribution in [0.3, 0.4) is 0 Å². The highest BCUT2D eigenvalue weighted by Gasteiger charge is 2.17. The lowest BCUT2D eigenvalue weighted by Crippen LogP contribution is -2.23. The Morgan fingerprint density at radius 2 is 1.82 bits per heavy atom. The number of aromatic nitrogens is 3. The molecule has 2 N–H and O–H groups in total. The molecule has 4 aromatic rings. The van der Waals surface area contributed by atoms with Crippen LogP contribution in [0.5, 0.6) is 5.75 Å². The third-order valence-corrected chi connectivity index (χ3v) is 5.53.